The van der Waals surface area contributed by atoms with E-state index in [1.807, 2.05) is 20.8 Å². The highest BCUT2D eigenvalue weighted by atomic mass is 35.5. The van der Waals surface area contributed by atoms with Gasteiger partial charge in [0.15, 0.2) is 0 Å². The number of ether oxygens (including phenoxy) is 1. The van der Waals surface area contributed by atoms with Gasteiger partial charge in [0.2, 0.25) is 21.8 Å². The number of nitrogens with one attached hydrogen (secondary N) is 1. The molecule has 1 N–H and O–H groups in total. The largest absolute Gasteiger partial charge is 0.495 e. The summed E-state index contributed by atoms with van der Waals surface area (Å²) in [4.78, 5) is 27.7. The second kappa shape index (κ2) is 12.8. The van der Waals surface area contributed by atoms with Gasteiger partial charge in [0.1, 0.15) is 11.8 Å². The van der Waals surface area contributed by atoms with E-state index >= 15 is 0 Å². The van der Waals surface area contributed by atoms with Gasteiger partial charge in [-0.15, -0.1) is 0 Å². The van der Waals surface area contributed by atoms with Crippen LogP contribution in [0.4, 0.5) is 5.69 Å². The number of carbonyl (C=O) groups excluding carboxylic acids is 2. The molecule has 0 aliphatic heterocycles. The van der Waals surface area contributed by atoms with Crippen molar-refractivity contribution >= 4 is 50.7 Å². The van der Waals surface area contributed by atoms with Gasteiger partial charge in [-0.05, 0) is 70.0 Å². The minimum absolute atomic E-state index is 0.0383. The Balaban J connectivity index is 2.20. The third-order valence-corrected chi connectivity index (χ3v) is 7.25. The predicted molar refractivity (Wildman–Crippen MR) is 149 cm³/mol. The molecule has 37 heavy (non-hydrogen) atoms. The first-order valence-electron chi connectivity index (χ1n) is 11.8. The zero-order chi connectivity index (χ0) is 28.0. The fourth-order valence-corrected chi connectivity index (χ4v) is 4.99. The van der Waals surface area contributed by atoms with Crippen molar-refractivity contribution in [2.75, 3.05) is 24.2 Å². The van der Waals surface area contributed by atoms with Gasteiger partial charge in [0.25, 0.3) is 0 Å². The Morgan fingerprint density at radius 3 is 2.22 bits per heavy atom. The highest BCUT2D eigenvalue weighted by Gasteiger charge is 2.28. The molecule has 0 aliphatic carbocycles. The molecule has 1 atom stereocenters. The first-order valence-corrected chi connectivity index (χ1v) is 14.4. The van der Waals surface area contributed by atoms with E-state index < -0.39 is 21.6 Å². The van der Waals surface area contributed by atoms with Crippen LogP contribution >= 0.6 is 23.2 Å². The van der Waals surface area contributed by atoms with E-state index in [1.54, 1.807) is 43.3 Å². The standard InChI is InChI=1S/C26H35Cl2N3O5S/c1-18(25(33)29-26(2,3)4)30(17-19-9-11-20(27)12-10-19)24(32)8-7-15-31(37(6,34)35)21-13-14-23(36-5)22(28)16-21/h9-14,16,18H,7-8,15,17H2,1-6H3,(H,29,33)/t18-/m0/s1. The van der Waals surface area contributed by atoms with Crippen LogP contribution < -0.4 is 14.4 Å². The number of halogens is 2. The van der Waals surface area contributed by atoms with E-state index in [1.165, 1.54) is 22.4 Å². The second-order valence-corrected chi connectivity index (χ2v) is 12.6. The van der Waals surface area contributed by atoms with Gasteiger partial charge in [-0.25, -0.2) is 8.42 Å². The molecule has 2 aromatic rings. The number of rotatable bonds is 11. The Kier molecular flexibility index (Phi) is 10.7. The highest BCUT2D eigenvalue weighted by Crippen LogP contribution is 2.30. The maximum atomic E-state index is 13.3. The van der Waals surface area contributed by atoms with Crippen molar-refractivity contribution in [3.8, 4) is 5.75 Å². The molecule has 2 amide bonds. The number of methoxy groups -OCH3 is 1. The Morgan fingerprint density at radius 1 is 1.08 bits per heavy atom. The zero-order valence-corrected chi connectivity index (χ0v) is 24.4. The molecular weight excluding hydrogens is 537 g/mol. The molecule has 0 saturated carbocycles. The lowest BCUT2D eigenvalue weighted by Crippen LogP contribution is -2.52. The summed E-state index contributed by atoms with van der Waals surface area (Å²) in [6.45, 7) is 7.55. The molecule has 0 fully saturated rings. The summed E-state index contributed by atoms with van der Waals surface area (Å²) in [6.07, 6.45) is 1.37. The number of sulfonamides is 1. The minimum Gasteiger partial charge on any atom is -0.495 e. The number of benzene rings is 2. The van der Waals surface area contributed by atoms with Crippen molar-refractivity contribution in [1.29, 1.82) is 0 Å². The van der Waals surface area contributed by atoms with Crippen LogP contribution in [0.5, 0.6) is 5.75 Å². The van der Waals surface area contributed by atoms with Crippen molar-refractivity contribution in [3.05, 3.63) is 58.1 Å². The molecule has 0 unspecified atom stereocenters. The van der Waals surface area contributed by atoms with Crippen LogP contribution in [0.15, 0.2) is 42.5 Å². The monoisotopic (exact) mass is 571 g/mol. The van der Waals surface area contributed by atoms with Crippen LogP contribution in [-0.4, -0.2) is 56.6 Å². The lowest BCUT2D eigenvalue weighted by atomic mass is 10.1. The molecule has 0 heterocycles. The number of anilines is 1. The molecule has 0 spiro atoms. The number of amides is 2. The normalized spacial score (nSPS) is 12.5. The predicted octanol–water partition coefficient (Wildman–Crippen LogP) is 4.88. The molecule has 0 saturated heterocycles. The molecular formula is C26H35Cl2N3O5S. The van der Waals surface area contributed by atoms with E-state index in [0.717, 1.165) is 11.8 Å². The van der Waals surface area contributed by atoms with E-state index in [0.29, 0.717) is 16.5 Å². The van der Waals surface area contributed by atoms with Crippen LogP contribution in [0.1, 0.15) is 46.1 Å². The summed E-state index contributed by atoms with van der Waals surface area (Å²) in [6, 6.07) is 11.0. The van der Waals surface area contributed by atoms with Gasteiger partial charge < -0.3 is 15.0 Å². The van der Waals surface area contributed by atoms with Crippen molar-refractivity contribution in [2.24, 2.45) is 0 Å². The van der Waals surface area contributed by atoms with E-state index in [4.69, 9.17) is 27.9 Å². The first kappa shape index (κ1) is 30.7. The van der Waals surface area contributed by atoms with Crippen LogP contribution in [0.25, 0.3) is 0 Å². The Morgan fingerprint density at radius 2 is 1.70 bits per heavy atom. The van der Waals surface area contributed by atoms with Crippen molar-refractivity contribution in [1.82, 2.24) is 10.2 Å². The summed E-state index contributed by atoms with van der Waals surface area (Å²) in [5, 5.41) is 3.76. The zero-order valence-electron chi connectivity index (χ0n) is 22.0. The Hall–Kier alpha value is -2.49. The summed E-state index contributed by atoms with van der Waals surface area (Å²) in [5.74, 6) is -0.123. The van der Waals surface area contributed by atoms with E-state index in [2.05, 4.69) is 5.32 Å². The number of nitrogens with zero attached hydrogens (tertiary/aromatic N) is 2. The average Bonchev–Trinajstić information content (AvgIpc) is 2.79. The van der Waals surface area contributed by atoms with E-state index in [9.17, 15) is 18.0 Å². The van der Waals surface area contributed by atoms with Crippen molar-refractivity contribution in [3.63, 3.8) is 0 Å². The maximum Gasteiger partial charge on any atom is 0.242 e. The molecule has 0 aliphatic rings. The van der Waals surface area contributed by atoms with Crippen LogP contribution in [-0.2, 0) is 26.2 Å². The molecule has 0 aromatic heterocycles. The van der Waals surface area contributed by atoms with Gasteiger partial charge >= 0.3 is 0 Å². The summed E-state index contributed by atoms with van der Waals surface area (Å²) in [5.41, 5.74) is 0.728. The first-order chi connectivity index (χ1) is 17.1. The van der Waals surface area contributed by atoms with Gasteiger partial charge in [-0.2, -0.15) is 0 Å². The van der Waals surface area contributed by atoms with Crippen LogP contribution in [0.2, 0.25) is 10.0 Å². The summed E-state index contributed by atoms with van der Waals surface area (Å²) in [7, 11) is -2.17. The average molecular weight is 573 g/mol. The van der Waals surface area contributed by atoms with Gasteiger partial charge in [0.05, 0.1) is 24.1 Å². The smallest absolute Gasteiger partial charge is 0.242 e. The Bertz CT molecular complexity index is 1200. The number of carbonyl (C=O) groups is 2. The van der Waals surface area contributed by atoms with Crippen molar-refractivity contribution < 1.29 is 22.7 Å². The third kappa shape index (κ3) is 9.39. The van der Waals surface area contributed by atoms with Gasteiger partial charge in [-0.1, -0.05) is 35.3 Å². The number of hydrogen-bond acceptors (Lipinski definition) is 5. The fourth-order valence-electron chi connectivity index (χ4n) is 3.66. The molecule has 204 valence electrons. The van der Waals surface area contributed by atoms with Crippen LogP contribution in [0.3, 0.4) is 0 Å². The molecule has 0 radical (unpaired) electrons. The lowest BCUT2D eigenvalue weighted by molar-refractivity contribution is -0.141. The van der Waals surface area contributed by atoms with Gasteiger partial charge in [-0.3, -0.25) is 13.9 Å². The van der Waals surface area contributed by atoms with Crippen molar-refractivity contribution in [2.45, 2.75) is 58.7 Å². The molecule has 2 rings (SSSR count). The molecule has 0 bridgehead atoms. The maximum absolute atomic E-state index is 13.3. The van der Waals surface area contributed by atoms with Crippen LogP contribution in [0, 0.1) is 0 Å². The highest BCUT2D eigenvalue weighted by molar-refractivity contribution is 7.92. The quantitative estimate of drug-likeness (QED) is 0.414. The SMILES string of the molecule is COc1ccc(N(CCCC(=O)N(Cc2ccc(Cl)cc2)[C@@H](C)C(=O)NC(C)(C)C)S(C)(=O)=O)cc1Cl. The molecule has 2 aromatic carbocycles. The van der Waals surface area contributed by atoms with Gasteiger partial charge in [0, 0.05) is 30.1 Å². The minimum atomic E-state index is -3.64. The molecule has 8 nitrogen and oxygen atoms in total. The fraction of sp³-hybridized carbons (Fsp3) is 0.462. The second-order valence-electron chi connectivity index (χ2n) is 9.82. The number of hydrogen-bond donors (Lipinski definition) is 1. The Labute approximate surface area is 229 Å². The van der Waals surface area contributed by atoms with E-state index in [-0.39, 0.29) is 42.8 Å². The third-order valence-electron chi connectivity index (χ3n) is 5.51. The topological polar surface area (TPSA) is 96.0 Å². The summed E-state index contributed by atoms with van der Waals surface area (Å²) < 4.78 is 31.3. The summed E-state index contributed by atoms with van der Waals surface area (Å²) >= 11 is 12.2. The molecule has 11 heteroatoms. The lowest BCUT2D eigenvalue weighted by Gasteiger charge is -2.32.